The van der Waals surface area contributed by atoms with E-state index in [0.717, 1.165) is 11.3 Å². The van der Waals surface area contributed by atoms with E-state index < -0.39 is 6.10 Å². The quantitative estimate of drug-likeness (QED) is 0.804. The first-order valence-electron chi connectivity index (χ1n) is 6.57. The van der Waals surface area contributed by atoms with Gasteiger partial charge in [-0.25, -0.2) is 9.07 Å². The number of nitrogens with zero attached hydrogens (tertiary/aromatic N) is 3. The van der Waals surface area contributed by atoms with Crippen LogP contribution in [0.5, 0.6) is 0 Å². The second-order valence-electron chi connectivity index (χ2n) is 4.81. The normalized spacial score (nSPS) is 12.3. The maximum Gasteiger partial charge on any atom is 0.123 e. The van der Waals surface area contributed by atoms with Crippen molar-refractivity contribution < 1.29 is 9.50 Å². The summed E-state index contributed by atoms with van der Waals surface area (Å²) in [6.45, 7) is 1.83. The minimum Gasteiger partial charge on any atom is -0.382 e. The molecule has 106 valence electrons. The van der Waals surface area contributed by atoms with Crippen molar-refractivity contribution in [2.45, 2.75) is 13.0 Å². The summed E-state index contributed by atoms with van der Waals surface area (Å²) in [7, 11) is 0. The Hall–Kier alpha value is -2.53. The van der Waals surface area contributed by atoms with Crippen LogP contribution in [0.4, 0.5) is 4.39 Å². The summed E-state index contributed by atoms with van der Waals surface area (Å²) in [6, 6.07) is 13.7. The lowest BCUT2D eigenvalue weighted by molar-refractivity contribution is 0.210. The van der Waals surface area contributed by atoms with E-state index in [2.05, 4.69) is 10.3 Å². The summed E-state index contributed by atoms with van der Waals surface area (Å²) < 4.78 is 15.0. The van der Waals surface area contributed by atoms with Crippen LogP contribution in [0.1, 0.15) is 22.9 Å². The number of aromatic nitrogens is 3. The van der Waals surface area contributed by atoms with Crippen LogP contribution in [-0.2, 0) is 0 Å². The van der Waals surface area contributed by atoms with Crippen LogP contribution in [0.15, 0.2) is 54.7 Å². The standard InChI is InChI=1S/C16H14FN3O/c1-11-7-8-12(17)9-14(11)16(21)15-10-18-19-20(15)13-5-3-2-4-6-13/h2-10,16,21H,1H3. The van der Waals surface area contributed by atoms with E-state index in [1.165, 1.54) is 18.3 Å². The van der Waals surface area contributed by atoms with Crippen LogP contribution in [-0.4, -0.2) is 20.1 Å². The highest BCUT2D eigenvalue weighted by Crippen LogP contribution is 2.26. The predicted octanol–water partition coefficient (Wildman–Crippen LogP) is 2.80. The highest BCUT2D eigenvalue weighted by atomic mass is 19.1. The number of aliphatic hydroxyl groups excluding tert-OH is 1. The number of halogens is 1. The number of rotatable bonds is 3. The molecule has 1 aromatic heterocycles. The fourth-order valence-electron chi connectivity index (χ4n) is 2.26. The summed E-state index contributed by atoms with van der Waals surface area (Å²) in [5.41, 5.74) is 2.60. The molecule has 0 aliphatic rings. The monoisotopic (exact) mass is 283 g/mol. The van der Waals surface area contributed by atoms with E-state index in [1.54, 1.807) is 10.7 Å². The molecular formula is C16H14FN3O. The van der Waals surface area contributed by atoms with Gasteiger partial charge in [0.1, 0.15) is 11.9 Å². The molecule has 3 aromatic rings. The van der Waals surface area contributed by atoms with Gasteiger partial charge in [0, 0.05) is 0 Å². The van der Waals surface area contributed by atoms with Crippen molar-refractivity contribution in [2.75, 3.05) is 0 Å². The fraction of sp³-hybridized carbons (Fsp3) is 0.125. The Labute approximate surface area is 121 Å². The average Bonchev–Trinajstić information content (AvgIpc) is 2.99. The van der Waals surface area contributed by atoms with E-state index in [4.69, 9.17) is 0 Å². The van der Waals surface area contributed by atoms with Crippen LogP contribution >= 0.6 is 0 Å². The maximum absolute atomic E-state index is 13.4. The van der Waals surface area contributed by atoms with Gasteiger partial charge in [0.15, 0.2) is 0 Å². The Kier molecular flexibility index (Phi) is 3.50. The Morgan fingerprint density at radius 3 is 2.67 bits per heavy atom. The molecule has 5 heteroatoms. The summed E-state index contributed by atoms with van der Waals surface area (Å²) in [5, 5.41) is 18.4. The topological polar surface area (TPSA) is 50.9 Å². The zero-order valence-corrected chi connectivity index (χ0v) is 11.4. The molecule has 0 saturated heterocycles. The van der Waals surface area contributed by atoms with Crippen LogP contribution in [0.2, 0.25) is 0 Å². The van der Waals surface area contributed by atoms with Gasteiger partial charge in [-0.3, -0.25) is 0 Å². The van der Waals surface area contributed by atoms with Crippen LogP contribution in [0, 0.1) is 12.7 Å². The van der Waals surface area contributed by atoms with Crippen molar-refractivity contribution in [1.82, 2.24) is 15.0 Å². The first-order chi connectivity index (χ1) is 10.2. The van der Waals surface area contributed by atoms with Crippen molar-refractivity contribution in [3.05, 3.63) is 77.4 Å². The highest BCUT2D eigenvalue weighted by molar-refractivity contribution is 5.37. The van der Waals surface area contributed by atoms with Gasteiger partial charge in [-0.15, -0.1) is 5.10 Å². The zero-order chi connectivity index (χ0) is 14.8. The Bertz CT molecular complexity index is 755. The van der Waals surface area contributed by atoms with Gasteiger partial charge in [0.25, 0.3) is 0 Å². The largest absolute Gasteiger partial charge is 0.382 e. The van der Waals surface area contributed by atoms with Crippen LogP contribution < -0.4 is 0 Å². The summed E-state index contributed by atoms with van der Waals surface area (Å²) in [4.78, 5) is 0. The van der Waals surface area contributed by atoms with Crippen molar-refractivity contribution in [3.8, 4) is 5.69 Å². The van der Waals surface area contributed by atoms with Gasteiger partial charge >= 0.3 is 0 Å². The van der Waals surface area contributed by atoms with Crippen LogP contribution in [0.25, 0.3) is 5.69 Å². The number of aryl methyl sites for hydroxylation is 1. The molecule has 0 amide bonds. The number of aliphatic hydroxyl groups is 1. The first-order valence-corrected chi connectivity index (χ1v) is 6.57. The minimum absolute atomic E-state index is 0.381. The van der Waals surface area contributed by atoms with Gasteiger partial charge < -0.3 is 5.11 Å². The third kappa shape index (κ3) is 2.55. The minimum atomic E-state index is -0.990. The molecule has 0 aliphatic carbocycles. The molecule has 0 bridgehead atoms. The van der Waals surface area contributed by atoms with Gasteiger partial charge in [-0.2, -0.15) is 0 Å². The lowest BCUT2D eigenvalue weighted by atomic mass is 10.0. The molecule has 1 N–H and O–H groups in total. The molecule has 21 heavy (non-hydrogen) atoms. The lowest BCUT2D eigenvalue weighted by Gasteiger charge is -2.15. The molecule has 0 fully saturated rings. The lowest BCUT2D eigenvalue weighted by Crippen LogP contribution is -2.10. The van der Waals surface area contributed by atoms with Crippen LogP contribution in [0.3, 0.4) is 0 Å². The number of hydrogen-bond acceptors (Lipinski definition) is 3. The Morgan fingerprint density at radius 2 is 1.90 bits per heavy atom. The molecule has 0 radical (unpaired) electrons. The van der Waals surface area contributed by atoms with Gasteiger partial charge in [0.05, 0.1) is 17.6 Å². The maximum atomic E-state index is 13.4. The predicted molar refractivity (Wildman–Crippen MR) is 76.6 cm³/mol. The number of benzene rings is 2. The number of hydrogen-bond donors (Lipinski definition) is 1. The highest BCUT2D eigenvalue weighted by Gasteiger charge is 2.19. The molecule has 0 aliphatic heterocycles. The van der Waals surface area contributed by atoms with E-state index in [9.17, 15) is 9.50 Å². The van der Waals surface area contributed by atoms with Crippen molar-refractivity contribution >= 4 is 0 Å². The SMILES string of the molecule is Cc1ccc(F)cc1C(O)c1cnnn1-c1ccccc1. The van der Waals surface area contributed by atoms with E-state index in [0.29, 0.717) is 11.3 Å². The van der Waals surface area contributed by atoms with Gasteiger partial charge in [-0.05, 0) is 42.3 Å². The Morgan fingerprint density at radius 1 is 1.14 bits per heavy atom. The second kappa shape index (κ2) is 5.46. The molecule has 1 atom stereocenters. The average molecular weight is 283 g/mol. The van der Waals surface area contributed by atoms with Gasteiger partial charge in [0.2, 0.25) is 0 Å². The number of para-hydroxylation sites is 1. The summed E-state index contributed by atoms with van der Waals surface area (Å²) in [5.74, 6) is -0.381. The molecule has 0 spiro atoms. The third-order valence-corrected chi connectivity index (χ3v) is 3.39. The van der Waals surface area contributed by atoms with E-state index in [1.807, 2.05) is 37.3 Å². The fourth-order valence-corrected chi connectivity index (χ4v) is 2.26. The smallest absolute Gasteiger partial charge is 0.123 e. The first kappa shape index (κ1) is 13.5. The molecule has 0 saturated carbocycles. The summed E-state index contributed by atoms with van der Waals surface area (Å²) >= 11 is 0. The van der Waals surface area contributed by atoms with Crippen molar-refractivity contribution in [2.24, 2.45) is 0 Å². The van der Waals surface area contributed by atoms with E-state index >= 15 is 0 Å². The third-order valence-electron chi connectivity index (χ3n) is 3.39. The van der Waals surface area contributed by atoms with E-state index in [-0.39, 0.29) is 5.82 Å². The molecule has 1 unspecified atom stereocenters. The zero-order valence-electron chi connectivity index (χ0n) is 11.4. The molecule has 3 rings (SSSR count). The summed E-state index contributed by atoms with van der Waals surface area (Å²) in [6.07, 6.45) is 0.498. The molecule has 1 heterocycles. The molecule has 2 aromatic carbocycles. The molecular weight excluding hydrogens is 269 g/mol. The van der Waals surface area contributed by atoms with Crippen molar-refractivity contribution in [1.29, 1.82) is 0 Å². The van der Waals surface area contributed by atoms with Crippen molar-refractivity contribution in [3.63, 3.8) is 0 Å². The van der Waals surface area contributed by atoms with Gasteiger partial charge in [-0.1, -0.05) is 29.5 Å². The Balaban J connectivity index is 2.06. The molecule has 4 nitrogen and oxygen atoms in total. The second-order valence-corrected chi connectivity index (χ2v) is 4.81.